The number of nitrogens with one attached hydrogen (secondary N) is 1. The first-order valence-corrected chi connectivity index (χ1v) is 8.19. The predicted molar refractivity (Wildman–Crippen MR) is 79.5 cm³/mol. The third-order valence-corrected chi connectivity index (χ3v) is 4.13. The number of aliphatic hydroxyl groups is 1. The number of hydrogen-bond donors (Lipinski definition) is 3. The van der Waals surface area contributed by atoms with E-state index in [1.165, 1.54) is 6.07 Å². The van der Waals surface area contributed by atoms with E-state index >= 15 is 0 Å². The van der Waals surface area contributed by atoms with Gasteiger partial charge in [0.05, 0.1) is 36.2 Å². The predicted octanol–water partition coefficient (Wildman–Crippen LogP) is -0.568. The number of nitrogens with zero attached hydrogens (tertiary/aromatic N) is 1. The number of ether oxygens (including phenoxy) is 2. The molecule has 23 heavy (non-hydrogen) atoms. The molecule has 10 nitrogen and oxygen atoms in total. The molecule has 0 bridgehead atoms. The molecule has 1 heterocycles. The maximum absolute atomic E-state index is 11.3. The van der Waals surface area contributed by atoms with Gasteiger partial charge in [0.15, 0.2) is 0 Å². The van der Waals surface area contributed by atoms with Crippen LogP contribution >= 0.6 is 0 Å². The third kappa shape index (κ3) is 4.59. The first kappa shape index (κ1) is 17.6. The van der Waals surface area contributed by atoms with Crippen molar-refractivity contribution < 1.29 is 27.9 Å². The van der Waals surface area contributed by atoms with Crippen molar-refractivity contribution in [1.29, 1.82) is 0 Å². The van der Waals surface area contributed by atoms with Crippen LogP contribution in [0, 0.1) is 10.1 Å². The highest BCUT2D eigenvalue weighted by atomic mass is 32.2. The van der Waals surface area contributed by atoms with Gasteiger partial charge in [-0.05, 0) is 12.1 Å². The van der Waals surface area contributed by atoms with E-state index in [9.17, 15) is 23.6 Å². The molecule has 1 aliphatic rings. The van der Waals surface area contributed by atoms with E-state index in [0.717, 1.165) is 12.1 Å². The number of nitro benzene ring substituents is 1. The Kier molecular flexibility index (Phi) is 5.16. The van der Waals surface area contributed by atoms with Gasteiger partial charge in [-0.2, -0.15) is 0 Å². The number of rotatable bonds is 5. The van der Waals surface area contributed by atoms with Gasteiger partial charge >= 0.3 is 0 Å². The molecule has 0 radical (unpaired) electrons. The van der Waals surface area contributed by atoms with E-state index in [1.54, 1.807) is 0 Å². The molecular formula is C12H17N3O7S. The zero-order chi connectivity index (χ0) is 17.1. The number of nitro groups is 1. The molecule has 0 unspecified atom stereocenters. The molecule has 1 aromatic carbocycles. The summed E-state index contributed by atoms with van der Waals surface area (Å²) >= 11 is 0. The van der Waals surface area contributed by atoms with Gasteiger partial charge in [-0.15, -0.1) is 0 Å². The van der Waals surface area contributed by atoms with Crippen molar-refractivity contribution in [1.82, 2.24) is 0 Å². The van der Waals surface area contributed by atoms with Crippen molar-refractivity contribution in [2.24, 2.45) is 5.14 Å². The van der Waals surface area contributed by atoms with Gasteiger partial charge in [-0.1, -0.05) is 0 Å². The van der Waals surface area contributed by atoms with Crippen LogP contribution in [0.5, 0.6) is 0 Å². The number of sulfonamides is 1. The lowest BCUT2D eigenvalue weighted by Gasteiger charge is -2.25. The van der Waals surface area contributed by atoms with Crippen molar-refractivity contribution in [2.45, 2.75) is 10.5 Å². The summed E-state index contributed by atoms with van der Waals surface area (Å²) in [5.41, 5.74) is -1.75. The molecule has 1 aromatic rings. The molecule has 0 aliphatic carbocycles. The fourth-order valence-electron chi connectivity index (χ4n) is 2.03. The molecule has 4 N–H and O–H groups in total. The van der Waals surface area contributed by atoms with Crippen molar-refractivity contribution in [2.75, 3.05) is 38.3 Å². The second-order valence-corrected chi connectivity index (χ2v) is 6.73. The van der Waals surface area contributed by atoms with Gasteiger partial charge in [-0.3, -0.25) is 10.1 Å². The van der Waals surface area contributed by atoms with Gasteiger partial charge in [0.2, 0.25) is 10.0 Å². The van der Waals surface area contributed by atoms with E-state index in [0.29, 0.717) is 13.2 Å². The molecular weight excluding hydrogens is 330 g/mol. The molecule has 0 saturated carbocycles. The van der Waals surface area contributed by atoms with Crippen LogP contribution in [0.25, 0.3) is 0 Å². The Bertz CT molecular complexity index is 684. The van der Waals surface area contributed by atoms with Crippen LogP contribution < -0.4 is 10.5 Å². The van der Waals surface area contributed by atoms with Gasteiger partial charge in [0.25, 0.3) is 5.69 Å². The molecule has 1 saturated heterocycles. The minimum Gasteiger partial charge on any atom is -0.383 e. The number of nitrogens with two attached hydrogens (primary N) is 1. The molecule has 1 aliphatic heterocycles. The molecule has 128 valence electrons. The highest BCUT2D eigenvalue weighted by Crippen LogP contribution is 2.27. The minimum atomic E-state index is -4.05. The summed E-state index contributed by atoms with van der Waals surface area (Å²) in [5, 5.41) is 29.1. The Labute approximate surface area is 132 Å². The molecule has 0 aromatic heterocycles. The molecule has 1 fully saturated rings. The number of benzene rings is 1. The average Bonchev–Trinajstić information content (AvgIpc) is 2.69. The van der Waals surface area contributed by atoms with Crippen molar-refractivity contribution in [3.05, 3.63) is 28.3 Å². The van der Waals surface area contributed by atoms with Crippen LogP contribution in [0.4, 0.5) is 11.4 Å². The standard InChI is InChI=1S/C12H17N3O7S/c13-23(19,20)9-1-2-10(11(5-9)15(17)18)14-6-12(16)7-21-3-4-22-8-12/h1-2,5,14,16H,3-4,6-8H2,(H2,13,19,20). The highest BCUT2D eigenvalue weighted by molar-refractivity contribution is 7.89. The Morgan fingerprint density at radius 2 is 1.96 bits per heavy atom. The molecule has 2 rings (SSSR count). The monoisotopic (exact) mass is 347 g/mol. The van der Waals surface area contributed by atoms with E-state index in [4.69, 9.17) is 14.6 Å². The van der Waals surface area contributed by atoms with Crippen LogP contribution in [0.1, 0.15) is 0 Å². The van der Waals surface area contributed by atoms with Gasteiger partial charge in [0.1, 0.15) is 11.3 Å². The van der Waals surface area contributed by atoms with Crippen LogP contribution in [0.3, 0.4) is 0 Å². The minimum absolute atomic E-state index is 0.0169. The van der Waals surface area contributed by atoms with Crippen molar-refractivity contribution in [3.63, 3.8) is 0 Å². The highest BCUT2D eigenvalue weighted by Gasteiger charge is 2.30. The van der Waals surface area contributed by atoms with Gasteiger partial charge in [-0.25, -0.2) is 13.6 Å². The Balaban J connectivity index is 2.20. The number of anilines is 1. The van der Waals surface area contributed by atoms with E-state index in [-0.39, 0.29) is 30.3 Å². The maximum Gasteiger partial charge on any atom is 0.293 e. The summed E-state index contributed by atoms with van der Waals surface area (Å²) in [7, 11) is -4.05. The lowest BCUT2D eigenvalue weighted by Crippen LogP contribution is -2.44. The lowest BCUT2D eigenvalue weighted by molar-refractivity contribution is -0.384. The van der Waals surface area contributed by atoms with E-state index < -0.39 is 26.2 Å². The maximum atomic E-state index is 11.3. The first-order valence-electron chi connectivity index (χ1n) is 6.64. The fraction of sp³-hybridized carbons (Fsp3) is 0.500. The normalized spacial score (nSPS) is 18.2. The lowest BCUT2D eigenvalue weighted by atomic mass is 10.1. The van der Waals surface area contributed by atoms with Gasteiger partial charge < -0.3 is 19.9 Å². The average molecular weight is 347 g/mol. The van der Waals surface area contributed by atoms with E-state index in [2.05, 4.69) is 5.32 Å². The zero-order valence-electron chi connectivity index (χ0n) is 12.1. The quantitative estimate of drug-likeness (QED) is 0.472. The molecule has 0 atom stereocenters. The van der Waals surface area contributed by atoms with Crippen LogP contribution in [0.2, 0.25) is 0 Å². The Morgan fingerprint density at radius 1 is 1.35 bits per heavy atom. The summed E-state index contributed by atoms with van der Waals surface area (Å²) in [4.78, 5) is 10.0. The summed E-state index contributed by atoms with van der Waals surface area (Å²) < 4.78 is 32.9. The van der Waals surface area contributed by atoms with Crippen LogP contribution in [0.15, 0.2) is 23.1 Å². The molecule has 11 heteroatoms. The molecule has 0 amide bonds. The Hall–Kier alpha value is -1.79. The first-order chi connectivity index (χ1) is 10.7. The smallest absolute Gasteiger partial charge is 0.293 e. The van der Waals surface area contributed by atoms with Crippen LogP contribution in [-0.2, 0) is 19.5 Å². The second-order valence-electron chi connectivity index (χ2n) is 5.16. The van der Waals surface area contributed by atoms with Crippen molar-refractivity contribution in [3.8, 4) is 0 Å². The summed E-state index contributed by atoms with van der Waals surface area (Å²) in [6.45, 7) is 0.672. The number of primary sulfonamides is 1. The Morgan fingerprint density at radius 3 is 2.48 bits per heavy atom. The SMILES string of the molecule is NS(=O)(=O)c1ccc(NCC2(O)COCCOC2)c([N+](=O)[O-])c1. The zero-order valence-corrected chi connectivity index (χ0v) is 12.9. The third-order valence-electron chi connectivity index (χ3n) is 3.22. The summed E-state index contributed by atoms with van der Waals surface area (Å²) in [6, 6.07) is 3.23. The van der Waals surface area contributed by atoms with Crippen LogP contribution in [-0.4, -0.2) is 57.0 Å². The van der Waals surface area contributed by atoms with E-state index in [1.807, 2.05) is 0 Å². The topological polar surface area (TPSA) is 154 Å². The van der Waals surface area contributed by atoms with Gasteiger partial charge in [0, 0.05) is 12.6 Å². The summed E-state index contributed by atoms with van der Waals surface area (Å²) in [5.74, 6) is 0. The van der Waals surface area contributed by atoms with Crippen molar-refractivity contribution >= 4 is 21.4 Å². The molecule has 0 spiro atoms. The summed E-state index contributed by atoms with van der Waals surface area (Å²) in [6.07, 6.45) is 0. The fourth-order valence-corrected chi connectivity index (χ4v) is 2.57. The second kappa shape index (κ2) is 6.76. The number of hydrogen-bond acceptors (Lipinski definition) is 8. The largest absolute Gasteiger partial charge is 0.383 e.